The van der Waals surface area contributed by atoms with Gasteiger partial charge in [-0.3, -0.25) is 4.79 Å². The summed E-state index contributed by atoms with van der Waals surface area (Å²) in [5.74, 6) is 0.689. The highest BCUT2D eigenvalue weighted by atomic mass is 79.9. The fourth-order valence-corrected chi connectivity index (χ4v) is 3.19. The van der Waals surface area contributed by atoms with Gasteiger partial charge in [0.15, 0.2) is 0 Å². The summed E-state index contributed by atoms with van der Waals surface area (Å²) >= 11 is 3.39. The SMILES string of the molecule is CCNc1ncc(Br)cc1C(=O)N1CC2CCC(C1)O2. The molecule has 0 radical (unpaired) electrons. The summed E-state index contributed by atoms with van der Waals surface area (Å²) in [5.41, 5.74) is 0.627. The molecule has 2 atom stereocenters. The van der Waals surface area contributed by atoms with Crippen LogP contribution in [0.5, 0.6) is 0 Å². The van der Waals surface area contributed by atoms with Gasteiger partial charge in [0.25, 0.3) is 5.91 Å². The normalized spacial score (nSPS) is 24.8. The van der Waals surface area contributed by atoms with Gasteiger partial charge in [-0.2, -0.15) is 0 Å². The number of anilines is 1. The van der Waals surface area contributed by atoms with Crippen molar-refractivity contribution in [3.63, 3.8) is 0 Å². The average molecular weight is 340 g/mol. The van der Waals surface area contributed by atoms with Crippen LogP contribution in [0.1, 0.15) is 30.1 Å². The Morgan fingerprint density at radius 3 is 2.85 bits per heavy atom. The summed E-state index contributed by atoms with van der Waals surface area (Å²) in [6, 6.07) is 1.84. The second-order valence-electron chi connectivity index (χ2n) is 5.25. The standard InChI is InChI=1S/C14H18BrN3O2/c1-2-16-13-12(5-9(15)6-17-13)14(19)18-7-10-3-4-11(8-18)20-10/h5-6,10-11H,2-4,7-8H2,1H3,(H,16,17). The predicted molar refractivity (Wildman–Crippen MR) is 79.9 cm³/mol. The molecule has 1 N–H and O–H groups in total. The second kappa shape index (κ2) is 5.69. The Morgan fingerprint density at radius 1 is 1.50 bits per heavy atom. The van der Waals surface area contributed by atoms with E-state index in [-0.39, 0.29) is 18.1 Å². The maximum atomic E-state index is 12.7. The van der Waals surface area contributed by atoms with Gasteiger partial charge in [-0.25, -0.2) is 4.98 Å². The first-order chi connectivity index (χ1) is 9.67. The van der Waals surface area contributed by atoms with Crippen LogP contribution in [-0.4, -0.2) is 47.6 Å². The van der Waals surface area contributed by atoms with Crippen molar-refractivity contribution in [3.8, 4) is 0 Å². The fraction of sp³-hybridized carbons (Fsp3) is 0.571. The molecule has 20 heavy (non-hydrogen) atoms. The van der Waals surface area contributed by atoms with E-state index >= 15 is 0 Å². The molecule has 108 valence electrons. The first-order valence-electron chi connectivity index (χ1n) is 7.01. The van der Waals surface area contributed by atoms with Crippen molar-refractivity contribution >= 4 is 27.7 Å². The van der Waals surface area contributed by atoms with E-state index in [1.165, 1.54) is 0 Å². The van der Waals surface area contributed by atoms with E-state index in [9.17, 15) is 4.79 Å². The van der Waals surface area contributed by atoms with E-state index in [2.05, 4.69) is 26.2 Å². The first kappa shape index (κ1) is 13.8. The number of hydrogen-bond acceptors (Lipinski definition) is 4. The van der Waals surface area contributed by atoms with Crippen LogP contribution in [0.3, 0.4) is 0 Å². The minimum atomic E-state index is 0.0370. The molecule has 1 aromatic heterocycles. The molecule has 2 aliphatic heterocycles. The summed E-state index contributed by atoms with van der Waals surface area (Å²) in [4.78, 5) is 18.9. The maximum absolute atomic E-state index is 12.7. The first-order valence-corrected chi connectivity index (χ1v) is 7.81. The average Bonchev–Trinajstić information content (AvgIpc) is 2.79. The van der Waals surface area contributed by atoms with E-state index in [1.807, 2.05) is 17.9 Å². The zero-order valence-electron chi connectivity index (χ0n) is 11.4. The maximum Gasteiger partial charge on any atom is 0.257 e. The molecular formula is C14H18BrN3O2. The van der Waals surface area contributed by atoms with E-state index in [4.69, 9.17) is 4.74 Å². The molecule has 2 aliphatic rings. The highest BCUT2D eigenvalue weighted by Gasteiger charge is 2.36. The number of rotatable bonds is 3. The third-order valence-corrected chi connectivity index (χ3v) is 4.19. The van der Waals surface area contributed by atoms with Crippen molar-refractivity contribution in [2.75, 3.05) is 25.0 Å². The summed E-state index contributed by atoms with van der Waals surface area (Å²) < 4.78 is 6.60. The minimum absolute atomic E-state index is 0.0370. The number of hydrogen-bond donors (Lipinski definition) is 1. The van der Waals surface area contributed by atoms with Crippen molar-refractivity contribution in [3.05, 3.63) is 22.3 Å². The van der Waals surface area contributed by atoms with Crippen LogP contribution in [0, 0.1) is 0 Å². The number of aromatic nitrogens is 1. The highest BCUT2D eigenvalue weighted by molar-refractivity contribution is 9.10. The monoisotopic (exact) mass is 339 g/mol. The number of carbonyl (C=O) groups excluding carboxylic acids is 1. The van der Waals surface area contributed by atoms with Crippen LogP contribution in [0.4, 0.5) is 5.82 Å². The molecule has 2 saturated heterocycles. The Kier molecular flexibility index (Phi) is 3.94. The van der Waals surface area contributed by atoms with Crippen LogP contribution in [0.15, 0.2) is 16.7 Å². The number of nitrogens with one attached hydrogen (secondary N) is 1. The molecule has 0 spiro atoms. The third-order valence-electron chi connectivity index (χ3n) is 3.76. The molecule has 0 aliphatic carbocycles. The Morgan fingerprint density at radius 2 is 2.20 bits per heavy atom. The Bertz CT molecular complexity index is 511. The zero-order chi connectivity index (χ0) is 14.1. The molecule has 2 bridgehead atoms. The molecule has 1 aromatic rings. The van der Waals surface area contributed by atoms with Gasteiger partial charge in [0.2, 0.25) is 0 Å². The van der Waals surface area contributed by atoms with E-state index in [1.54, 1.807) is 6.20 Å². The Labute approximate surface area is 126 Å². The number of fused-ring (bicyclic) bond motifs is 2. The van der Waals surface area contributed by atoms with Gasteiger partial charge >= 0.3 is 0 Å². The van der Waals surface area contributed by atoms with Crippen LogP contribution < -0.4 is 5.32 Å². The molecule has 2 fully saturated rings. The van der Waals surface area contributed by atoms with Crippen molar-refractivity contribution < 1.29 is 9.53 Å². The number of carbonyl (C=O) groups is 1. The summed E-state index contributed by atoms with van der Waals surface area (Å²) in [6.07, 6.45) is 4.25. The fourth-order valence-electron chi connectivity index (χ4n) is 2.86. The third kappa shape index (κ3) is 2.67. The molecule has 6 heteroatoms. The molecule has 0 aromatic carbocycles. The molecule has 2 unspecified atom stereocenters. The predicted octanol–water partition coefficient (Wildman–Crippen LogP) is 2.28. The minimum Gasteiger partial charge on any atom is -0.371 e. The molecule has 1 amide bonds. The van der Waals surface area contributed by atoms with Gasteiger partial charge < -0.3 is 15.0 Å². The van der Waals surface area contributed by atoms with Crippen molar-refractivity contribution in [2.45, 2.75) is 32.0 Å². The summed E-state index contributed by atoms with van der Waals surface area (Å²) in [5, 5.41) is 3.15. The van der Waals surface area contributed by atoms with E-state index < -0.39 is 0 Å². The van der Waals surface area contributed by atoms with Crippen molar-refractivity contribution in [1.29, 1.82) is 0 Å². The van der Waals surface area contributed by atoms with Crippen LogP contribution >= 0.6 is 15.9 Å². The number of nitrogens with zero attached hydrogens (tertiary/aromatic N) is 2. The van der Waals surface area contributed by atoms with Gasteiger partial charge in [0.05, 0.1) is 17.8 Å². The number of likely N-dealkylation sites (tertiary alicyclic amines) is 1. The van der Waals surface area contributed by atoms with E-state index in [0.29, 0.717) is 24.5 Å². The molecular weight excluding hydrogens is 322 g/mol. The van der Waals surface area contributed by atoms with Gasteiger partial charge in [-0.15, -0.1) is 0 Å². The van der Waals surface area contributed by atoms with Gasteiger partial charge in [0, 0.05) is 30.3 Å². The van der Waals surface area contributed by atoms with Crippen LogP contribution in [0.25, 0.3) is 0 Å². The largest absolute Gasteiger partial charge is 0.371 e. The quantitative estimate of drug-likeness (QED) is 0.917. The number of pyridine rings is 1. The molecule has 0 saturated carbocycles. The van der Waals surface area contributed by atoms with Gasteiger partial charge in [-0.05, 0) is 41.8 Å². The lowest BCUT2D eigenvalue weighted by Crippen LogP contribution is -2.46. The smallest absolute Gasteiger partial charge is 0.257 e. The Hall–Kier alpha value is -1.14. The lowest BCUT2D eigenvalue weighted by atomic mass is 10.2. The number of halogens is 1. The number of ether oxygens (including phenoxy) is 1. The summed E-state index contributed by atoms with van der Waals surface area (Å²) in [6.45, 7) is 4.11. The zero-order valence-corrected chi connectivity index (χ0v) is 13.0. The number of amides is 1. The van der Waals surface area contributed by atoms with Crippen molar-refractivity contribution in [1.82, 2.24) is 9.88 Å². The summed E-state index contributed by atoms with van der Waals surface area (Å²) in [7, 11) is 0. The molecule has 5 nitrogen and oxygen atoms in total. The molecule has 3 rings (SSSR count). The number of morpholine rings is 1. The van der Waals surface area contributed by atoms with Crippen LogP contribution in [-0.2, 0) is 4.74 Å². The lowest BCUT2D eigenvalue weighted by molar-refractivity contribution is -0.0303. The highest BCUT2D eigenvalue weighted by Crippen LogP contribution is 2.28. The second-order valence-corrected chi connectivity index (χ2v) is 6.16. The van der Waals surface area contributed by atoms with Gasteiger partial charge in [-0.1, -0.05) is 0 Å². The van der Waals surface area contributed by atoms with Crippen LogP contribution in [0.2, 0.25) is 0 Å². The molecule has 3 heterocycles. The lowest BCUT2D eigenvalue weighted by Gasteiger charge is -2.32. The van der Waals surface area contributed by atoms with E-state index in [0.717, 1.165) is 23.9 Å². The van der Waals surface area contributed by atoms with Gasteiger partial charge in [0.1, 0.15) is 5.82 Å². The topological polar surface area (TPSA) is 54.5 Å². The Balaban J connectivity index is 1.84. The van der Waals surface area contributed by atoms with Crippen molar-refractivity contribution in [2.24, 2.45) is 0 Å².